The van der Waals surface area contributed by atoms with E-state index in [4.69, 9.17) is 0 Å². The Morgan fingerprint density at radius 2 is 2.08 bits per heavy atom. The molecule has 68 valence electrons. The van der Waals surface area contributed by atoms with Gasteiger partial charge in [0, 0.05) is 14.7 Å². The Labute approximate surface area is 90.5 Å². The van der Waals surface area contributed by atoms with Crippen LogP contribution in [-0.2, 0) is 0 Å². The fraction of sp³-hybridized carbons (Fsp3) is 0.200. The maximum Gasteiger partial charge on any atom is 0.161 e. The quantitative estimate of drug-likeness (QED) is 0.476. The molecule has 0 spiro atoms. The van der Waals surface area contributed by atoms with Gasteiger partial charge in [0.25, 0.3) is 0 Å². The maximum atomic E-state index is 11.2. The second-order valence-electron chi connectivity index (χ2n) is 2.83. The van der Waals surface area contributed by atoms with E-state index >= 15 is 0 Å². The van der Waals surface area contributed by atoms with E-state index in [1.165, 1.54) is 6.92 Å². The van der Waals surface area contributed by atoms with Gasteiger partial charge < -0.3 is 0 Å². The number of carbonyl (C=O) groups is 2. The minimum Gasteiger partial charge on any atom is -0.298 e. The van der Waals surface area contributed by atoms with Gasteiger partial charge in [0.1, 0.15) is 0 Å². The molecule has 0 saturated heterocycles. The van der Waals surface area contributed by atoms with Crippen molar-refractivity contribution in [2.75, 3.05) is 0 Å². The van der Waals surface area contributed by atoms with Gasteiger partial charge in [-0.1, -0.05) is 6.07 Å². The Kier molecular flexibility index (Phi) is 3.19. The highest BCUT2D eigenvalue weighted by molar-refractivity contribution is 14.1. The molecule has 13 heavy (non-hydrogen) atoms. The van der Waals surface area contributed by atoms with Crippen LogP contribution in [0.1, 0.15) is 33.2 Å². The predicted molar refractivity (Wildman–Crippen MR) is 59.3 cm³/mol. The Bertz CT molecular complexity index is 369. The van der Waals surface area contributed by atoms with Crippen molar-refractivity contribution in [3.63, 3.8) is 0 Å². The predicted octanol–water partition coefficient (Wildman–Crippen LogP) is 2.61. The number of hydrogen-bond donors (Lipinski definition) is 0. The summed E-state index contributed by atoms with van der Waals surface area (Å²) in [5, 5.41) is 0. The fourth-order valence-electron chi connectivity index (χ4n) is 1.21. The molecular formula is C10H9IO2. The largest absolute Gasteiger partial charge is 0.298 e. The molecule has 0 aliphatic heterocycles. The summed E-state index contributed by atoms with van der Waals surface area (Å²) in [6.45, 7) is 3.30. The maximum absolute atomic E-state index is 11.2. The van der Waals surface area contributed by atoms with E-state index in [1.54, 1.807) is 0 Å². The number of Topliss-reactive ketones (excluding diaryl/α,β-unsaturated/α-hetero) is 1. The van der Waals surface area contributed by atoms with E-state index < -0.39 is 0 Å². The number of hydrogen-bond acceptors (Lipinski definition) is 2. The normalized spacial score (nSPS) is 9.77. The summed E-state index contributed by atoms with van der Waals surface area (Å²) in [4.78, 5) is 22.0. The van der Waals surface area contributed by atoms with Crippen molar-refractivity contribution >= 4 is 34.7 Å². The van der Waals surface area contributed by atoms with Crippen LogP contribution in [0, 0.1) is 10.5 Å². The van der Waals surface area contributed by atoms with Crippen LogP contribution in [0.2, 0.25) is 0 Å². The Hall–Kier alpha value is -0.710. The smallest absolute Gasteiger partial charge is 0.161 e. The van der Waals surface area contributed by atoms with Crippen molar-refractivity contribution in [1.29, 1.82) is 0 Å². The first-order valence-corrected chi connectivity index (χ1v) is 4.91. The van der Waals surface area contributed by atoms with Crippen molar-refractivity contribution in [1.82, 2.24) is 0 Å². The minimum absolute atomic E-state index is 0.0600. The second-order valence-corrected chi connectivity index (χ2v) is 3.99. The average molecular weight is 288 g/mol. The molecule has 3 heteroatoms. The summed E-state index contributed by atoms with van der Waals surface area (Å²) in [6.07, 6.45) is 0.744. The van der Waals surface area contributed by atoms with Gasteiger partial charge in [-0.05, 0) is 48.1 Å². The van der Waals surface area contributed by atoms with E-state index in [0.29, 0.717) is 11.1 Å². The summed E-state index contributed by atoms with van der Waals surface area (Å²) in [7, 11) is 0. The SMILES string of the molecule is CC(=O)c1c(I)ccc(C)c1C=O. The van der Waals surface area contributed by atoms with Gasteiger partial charge in [-0.25, -0.2) is 0 Å². The summed E-state index contributed by atoms with van der Waals surface area (Å²) < 4.78 is 0.831. The first-order chi connectivity index (χ1) is 6.07. The van der Waals surface area contributed by atoms with E-state index in [2.05, 4.69) is 22.6 Å². The average Bonchev–Trinajstić information content (AvgIpc) is 2.07. The topological polar surface area (TPSA) is 34.1 Å². The Balaban J connectivity index is 3.52. The molecule has 0 N–H and O–H groups in total. The molecule has 0 aliphatic rings. The zero-order valence-corrected chi connectivity index (χ0v) is 9.58. The number of carbonyl (C=O) groups excluding carboxylic acids is 2. The van der Waals surface area contributed by atoms with Gasteiger partial charge in [-0.15, -0.1) is 0 Å². The standard InChI is InChI=1S/C10H9IO2/c1-6-3-4-9(11)10(7(2)13)8(6)5-12/h3-5H,1-2H3. The summed E-state index contributed by atoms with van der Waals surface area (Å²) in [5.74, 6) is -0.0600. The first-order valence-electron chi connectivity index (χ1n) is 3.83. The van der Waals surface area contributed by atoms with Gasteiger partial charge in [-0.2, -0.15) is 0 Å². The van der Waals surface area contributed by atoms with Crippen molar-refractivity contribution in [3.8, 4) is 0 Å². The summed E-state index contributed by atoms with van der Waals surface area (Å²) in [6, 6.07) is 3.69. The van der Waals surface area contributed by atoms with Gasteiger partial charge in [0.2, 0.25) is 0 Å². The molecule has 1 aromatic rings. The van der Waals surface area contributed by atoms with E-state index in [9.17, 15) is 9.59 Å². The van der Waals surface area contributed by atoms with Crippen LogP contribution < -0.4 is 0 Å². The third-order valence-corrected chi connectivity index (χ3v) is 2.78. The monoisotopic (exact) mass is 288 g/mol. The molecule has 0 amide bonds. The molecular weight excluding hydrogens is 279 g/mol. The minimum atomic E-state index is -0.0600. The van der Waals surface area contributed by atoms with Gasteiger partial charge >= 0.3 is 0 Å². The molecule has 0 heterocycles. The molecule has 2 nitrogen and oxygen atoms in total. The molecule has 0 saturated carbocycles. The molecule has 1 aromatic carbocycles. The summed E-state index contributed by atoms with van der Waals surface area (Å²) in [5.41, 5.74) is 1.90. The van der Waals surface area contributed by atoms with Crippen molar-refractivity contribution < 1.29 is 9.59 Å². The number of aldehydes is 1. The highest BCUT2D eigenvalue weighted by atomic mass is 127. The first kappa shape index (κ1) is 10.4. The molecule has 0 fully saturated rings. The molecule has 0 aromatic heterocycles. The fourth-order valence-corrected chi connectivity index (χ4v) is 2.06. The molecule has 0 radical (unpaired) electrons. The van der Waals surface area contributed by atoms with Gasteiger partial charge in [0.05, 0.1) is 0 Å². The zero-order valence-electron chi connectivity index (χ0n) is 7.43. The van der Waals surface area contributed by atoms with Crippen molar-refractivity contribution in [2.45, 2.75) is 13.8 Å². The van der Waals surface area contributed by atoms with Crippen LogP contribution in [0.4, 0.5) is 0 Å². The van der Waals surface area contributed by atoms with Crippen LogP contribution >= 0.6 is 22.6 Å². The lowest BCUT2D eigenvalue weighted by Crippen LogP contribution is -2.04. The molecule has 0 bridgehead atoms. The summed E-state index contributed by atoms with van der Waals surface area (Å²) >= 11 is 2.06. The van der Waals surface area contributed by atoms with Crippen LogP contribution in [0.5, 0.6) is 0 Å². The van der Waals surface area contributed by atoms with E-state index in [-0.39, 0.29) is 5.78 Å². The Morgan fingerprint density at radius 1 is 1.46 bits per heavy atom. The number of aryl methyl sites for hydroxylation is 1. The zero-order chi connectivity index (χ0) is 10.0. The highest BCUT2D eigenvalue weighted by Crippen LogP contribution is 2.19. The van der Waals surface area contributed by atoms with Gasteiger partial charge in [0.15, 0.2) is 12.1 Å². The van der Waals surface area contributed by atoms with Crippen LogP contribution in [0.25, 0.3) is 0 Å². The van der Waals surface area contributed by atoms with Crippen molar-refractivity contribution in [3.05, 3.63) is 32.4 Å². The highest BCUT2D eigenvalue weighted by Gasteiger charge is 2.12. The number of halogens is 1. The van der Waals surface area contributed by atoms with Crippen LogP contribution in [0.3, 0.4) is 0 Å². The Morgan fingerprint density at radius 3 is 2.46 bits per heavy atom. The molecule has 0 unspecified atom stereocenters. The number of rotatable bonds is 2. The van der Waals surface area contributed by atoms with E-state index in [0.717, 1.165) is 15.4 Å². The third-order valence-electron chi connectivity index (χ3n) is 1.88. The molecule has 1 rings (SSSR count). The van der Waals surface area contributed by atoms with Crippen LogP contribution in [0.15, 0.2) is 12.1 Å². The van der Waals surface area contributed by atoms with Gasteiger partial charge in [-0.3, -0.25) is 9.59 Å². The molecule has 0 atom stereocenters. The lowest BCUT2D eigenvalue weighted by atomic mass is 10.0. The van der Waals surface area contributed by atoms with Crippen LogP contribution in [-0.4, -0.2) is 12.1 Å². The lowest BCUT2D eigenvalue weighted by molar-refractivity contribution is 0.100. The number of benzene rings is 1. The van der Waals surface area contributed by atoms with E-state index in [1.807, 2.05) is 19.1 Å². The molecule has 0 aliphatic carbocycles. The second kappa shape index (κ2) is 4.00. The lowest BCUT2D eigenvalue weighted by Gasteiger charge is -2.06. The third kappa shape index (κ3) is 1.96. The van der Waals surface area contributed by atoms with Crippen molar-refractivity contribution in [2.24, 2.45) is 0 Å². The number of ketones is 1.